The standard InChI is InChI=1S/C21H21NO5S/c1-2-26-16-9-7-15(8-10-16)18(23)13-27-21(25)11-12-22-17-5-3-4-6-19(17)28-14-20(22)24/h3-10H,2,11-14H2,1H3. The van der Waals surface area contributed by atoms with E-state index in [-0.39, 0.29) is 31.3 Å². The lowest BCUT2D eigenvalue weighted by Crippen LogP contribution is -2.37. The second-order valence-electron chi connectivity index (χ2n) is 6.09. The summed E-state index contributed by atoms with van der Waals surface area (Å²) < 4.78 is 10.4. The monoisotopic (exact) mass is 399 g/mol. The fourth-order valence-electron chi connectivity index (χ4n) is 2.81. The molecule has 7 heteroatoms. The molecule has 0 atom stereocenters. The molecule has 0 fully saturated rings. The summed E-state index contributed by atoms with van der Waals surface area (Å²) in [5, 5.41) is 0. The van der Waals surface area contributed by atoms with Gasteiger partial charge in [-0.15, -0.1) is 11.8 Å². The van der Waals surface area contributed by atoms with Crippen LogP contribution in [0, 0.1) is 0 Å². The van der Waals surface area contributed by atoms with E-state index in [1.165, 1.54) is 11.8 Å². The molecule has 0 aromatic heterocycles. The average molecular weight is 399 g/mol. The number of Topliss-reactive ketones (excluding diaryl/α,β-unsaturated/α-hetero) is 1. The van der Waals surface area contributed by atoms with Crippen LogP contribution in [-0.4, -0.2) is 43.2 Å². The molecular formula is C21H21NO5S. The Morgan fingerprint density at radius 2 is 1.86 bits per heavy atom. The number of carbonyl (C=O) groups is 3. The number of amides is 1. The summed E-state index contributed by atoms with van der Waals surface area (Å²) in [4.78, 5) is 39.0. The third kappa shape index (κ3) is 4.92. The first-order valence-electron chi connectivity index (χ1n) is 9.02. The molecule has 0 N–H and O–H groups in total. The fraction of sp³-hybridized carbons (Fsp3) is 0.286. The minimum atomic E-state index is -0.511. The van der Waals surface area contributed by atoms with Crippen LogP contribution in [0.3, 0.4) is 0 Å². The van der Waals surface area contributed by atoms with Gasteiger partial charge in [0.15, 0.2) is 12.4 Å². The van der Waals surface area contributed by atoms with Crippen molar-refractivity contribution in [3.8, 4) is 5.75 Å². The largest absolute Gasteiger partial charge is 0.494 e. The first kappa shape index (κ1) is 19.9. The minimum absolute atomic E-state index is 0.0291. The van der Waals surface area contributed by atoms with Gasteiger partial charge in [0.05, 0.1) is 24.5 Å². The molecule has 1 aliphatic rings. The summed E-state index contributed by atoms with van der Waals surface area (Å²) in [5.41, 5.74) is 1.26. The third-order valence-corrected chi connectivity index (χ3v) is 5.25. The molecule has 28 heavy (non-hydrogen) atoms. The summed E-state index contributed by atoms with van der Waals surface area (Å²) in [6.07, 6.45) is 0.0291. The zero-order chi connectivity index (χ0) is 19.9. The van der Waals surface area contributed by atoms with Gasteiger partial charge < -0.3 is 14.4 Å². The summed E-state index contributed by atoms with van der Waals surface area (Å²) in [7, 11) is 0. The number of ether oxygens (including phenoxy) is 2. The minimum Gasteiger partial charge on any atom is -0.494 e. The number of hydrogen-bond donors (Lipinski definition) is 0. The highest BCUT2D eigenvalue weighted by molar-refractivity contribution is 8.00. The van der Waals surface area contributed by atoms with E-state index in [2.05, 4.69) is 0 Å². The van der Waals surface area contributed by atoms with Crippen LogP contribution in [0.25, 0.3) is 0 Å². The number of para-hydroxylation sites is 1. The van der Waals surface area contributed by atoms with E-state index in [4.69, 9.17) is 9.47 Å². The van der Waals surface area contributed by atoms with E-state index in [9.17, 15) is 14.4 Å². The van der Waals surface area contributed by atoms with Crippen molar-refractivity contribution in [2.24, 2.45) is 0 Å². The Morgan fingerprint density at radius 3 is 2.61 bits per heavy atom. The number of anilines is 1. The lowest BCUT2D eigenvalue weighted by Gasteiger charge is -2.28. The second-order valence-corrected chi connectivity index (χ2v) is 7.11. The van der Waals surface area contributed by atoms with Gasteiger partial charge in [0.1, 0.15) is 5.75 Å². The molecule has 0 saturated heterocycles. The van der Waals surface area contributed by atoms with Crippen LogP contribution in [0.1, 0.15) is 23.7 Å². The lowest BCUT2D eigenvalue weighted by molar-refractivity contribution is -0.142. The van der Waals surface area contributed by atoms with Gasteiger partial charge in [-0.05, 0) is 43.3 Å². The lowest BCUT2D eigenvalue weighted by atomic mass is 10.1. The van der Waals surface area contributed by atoms with Gasteiger partial charge in [0, 0.05) is 17.0 Å². The maximum atomic E-state index is 12.2. The van der Waals surface area contributed by atoms with Gasteiger partial charge in [-0.1, -0.05) is 12.1 Å². The summed E-state index contributed by atoms with van der Waals surface area (Å²) in [6.45, 7) is 2.33. The van der Waals surface area contributed by atoms with Crippen molar-refractivity contribution < 1.29 is 23.9 Å². The van der Waals surface area contributed by atoms with Gasteiger partial charge in [-0.25, -0.2) is 0 Å². The predicted octanol–water partition coefficient (Wildman–Crippen LogP) is 3.34. The number of ketones is 1. The number of hydrogen-bond acceptors (Lipinski definition) is 6. The zero-order valence-corrected chi connectivity index (χ0v) is 16.4. The summed E-state index contributed by atoms with van der Waals surface area (Å²) in [6, 6.07) is 14.3. The molecule has 0 bridgehead atoms. The van der Waals surface area contributed by atoms with Crippen LogP contribution in [0.4, 0.5) is 5.69 Å². The number of carbonyl (C=O) groups excluding carboxylic acids is 3. The smallest absolute Gasteiger partial charge is 0.308 e. The molecule has 3 rings (SSSR count). The molecule has 146 valence electrons. The Bertz CT molecular complexity index is 865. The van der Waals surface area contributed by atoms with Crippen LogP contribution in [0.15, 0.2) is 53.4 Å². The maximum Gasteiger partial charge on any atom is 0.308 e. The molecule has 0 spiro atoms. The molecule has 6 nitrogen and oxygen atoms in total. The quantitative estimate of drug-likeness (QED) is 0.501. The van der Waals surface area contributed by atoms with E-state index in [0.717, 1.165) is 10.6 Å². The summed E-state index contributed by atoms with van der Waals surface area (Å²) >= 11 is 1.49. The molecule has 0 radical (unpaired) electrons. The van der Waals surface area contributed by atoms with Crippen molar-refractivity contribution in [3.63, 3.8) is 0 Å². The number of thioether (sulfide) groups is 1. The van der Waals surface area contributed by atoms with Gasteiger partial charge in [-0.2, -0.15) is 0 Å². The second kappa shape index (κ2) is 9.41. The average Bonchev–Trinajstić information content (AvgIpc) is 2.72. The first-order chi connectivity index (χ1) is 13.6. The van der Waals surface area contributed by atoms with E-state index in [1.807, 2.05) is 31.2 Å². The Balaban J connectivity index is 1.49. The van der Waals surface area contributed by atoms with Gasteiger partial charge in [0.2, 0.25) is 5.91 Å². The number of esters is 1. The van der Waals surface area contributed by atoms with E-state index in [0.29, 0.717) is 23.7 Å². The van der Waals surface area contributed by atoms with E-state index in [1.54, 1.807) is 29.2 Å². The van der Waals surface area contributed by atoms with Crippen molar-refractivity contribution in [3.05, 3.63) is 54.1 Å². The molecule has 0 saturated carbocycles. The SMILES string of the molecule is CCOc1ccc(C(=O)COC(=O)CCN2C(=O)CSc3ccccc32)cc1. The van der Waals surface area contributed by atoms with Crippen LogP contribution in [0.2, 0.25) is 0 Å². The number of benzene rings is 2. The molecule has 1 heterocycles. The summed E-state index contributed by atoms with van der Waals surface area (Å²) in [5.74, 6) is 0.195. The Morgan fingerprint density at radius 1 is 1.11 bits per heavy atom. The zero-order valence-electron chi connectivity index (χ0n) is 15.6. The Labute approximate surface area is 167 Å². The van der Waals surface area contributed by atoms with Gasteiger partial charge in [0.25, 0.3) is 0 Å². The molecule has 2 aromatic carbocycles. The Hall–Kier alpha value is -2.80. The first-order valence-corrected chi connectivity index (χ1v) is 10.0. The maximum absolute atomic E-state index is 12.2. The van der Waals surface area contributed by atoms with Crippen LogP contribution in [-0.2, 0) is 14.3 Å². The molecular weight excluding hydrogens is 378 g/mol. The Kier molecular flexibility index (Phi) is 6.71. The van der Waals surface area contributed by atoms with Crippen molar-refractivity contribution in [2.75, 3.05) is 30.4 Å². The predicted molar refractivity (Wildman–Crippen MR) is 107 cm³/mol. The van der Waals surface area contributed by atoms with Crippen LogP contribution < -0.4 is 9.64 Å². The molecule has 1 amide bonds. The van der Waals surface area contributed by atoms with E-state index >= 15 is 0 Å². The van der Waals surface area contributed by atoms with Crippen LogP contribution in [0.5, 0.6) is 5.75 Å². The van der Waals surface area contributed by atoms with Crippen molar-refractivity contribution in [2.45, 2.75) is 18.2 Å². The van der Waals surface area contributed by atoms with Crippen molar-refractivity contribution in [1.82, 2.24) is 0 Å². The van der Waals surface area contributed by atoms with Crippen LogP contribution >= 0.6 is 11.8 Å². The van der Waals surface area contributed by atoms with Gasteiger partial charge in [-0.3, -0.25) is 14.4 Å². The van der Waals surface area contributed by atoms with E-state index < -0.39 is 5.97 Å². The topological polar surface area (TPSA) is 72.9 Å². The molecule has 0 unspecified atom stereocenters. The van der Waals surface area contributed by atoms with Crippen molar-refractivity contribution in [1.29, 1.82) is 0 Å². The number of fused-ring (bicyclic) bond motifs is 1. The molecule has 1 aliphatic heterocycles. The molecule has 0 aliphatic carbocycles. The van der Waals surface area contributed by atoms with Gasteiger partial charge >= 0.3 is 5.97 Å². The fourth-order valence-corrected chi connectivity index (χ4v) is 3.74. The highest BCUT2D eigenvalue weighted by atomic mass is 32.2. The number of nitrogens with zero attached hydrogens (tertiary/aromatic N) is 1. The third-order valence-electron chi connectivity index (χ3n) is 4.20. The number of rotatable bonds is 8. The normalized spacial score (nSPS) is 13.0. The highest BCUT2D eigenvalue weighted by Crippen LogP contribution is 2.34. The molecule has 2 aromatic rings. The van der Waals surface area contributed by atoms with Crippen molar-refractivity contribution >= 4 is 35.1 Å². The highest BCUT2D eigenvalue weighted by Gasteiger charge is 2.25.